The van der Waals surface area contributed by atoms with Crippen LogP contribution in [0.1, 0.15) is 13.8 Å². The summed E-state index contributed by atoms with van der Waals surface area (Å²) in [5.41, 5.74) is -3.46. The van der Waals surface area contributed by atoms with Gasteiger partial charge in [-0.15, -0.1) is 11.8 Å². The summed E-state index contributed by atoms with van der Waals surface area (Å²) < 4.78 is 37.5. The van der Waals surface area contributed by atoms with Crippen LogP contribution in [0.5, 0.6) is 0 Å². The highest BCUT2D eigenvalue weighted by Crippen LogP contribution is 2.33. The number of carbonyl (C=O) groups excluding carboxylic acids is 1. The first-order valence-corrected chi connectivity index (χ1v) is 6.99. The van der Waals surface area contributed by atoms with Crippen molar-refractivity contribution in [3.05, 3.63) is 23.2 Å². The molecule has 0 fully saturated rings. The van der Waals surface area contributed by atoms with Crippen molar-refractivity contribution in [2.75, 3.05) is 11.1 Å². The van der Waals surface area contributed by atoms with Crippen LogP contribution in [0.4, 0.5) is 18.9 Å². The smallest absolute Gasteiger partial charge is 0.373 e. The van der Waals surface area contributed by atoms with E-state index in [9.17, 15) is 23.1 Å². The molecule has 0 saturated heterocycles. The Morgan fingerprint density at radius 3 is 2.50 bits per heavy atom. The summed E-state index contributed by atoms with van der Waals surface area (Å²) in [5.74, 6) is -0.770. The number of aliphatic hydroxyl groups is 1. The molecule has 0 aliphatic carbocycles. The normalized spacial score (nSPS) is 14.8. The van der Waals surface area contributed by atoms with Crippen LogP contribution in [0.2, 0.25) is 5.02 Å². The third kappa shape index (κ3) is 3.80. The third-order valence-corrected chi connectivity index (χ3v) is 3.68. The Morgan fingerprint density at radius 2 is 2.05 bits per heavy atom. The molecule has 0 heterocycles. The van der Waals surface area contributed by atoms with Gasteiger partial charge in [-0.1, -0.05) is 18.5 Å². The summed E-state index contributed by atoms with van der Waals surface area (Å²) >= 11 is 7.38. The number of benzene rings is 1. The molecule has 0 bridgehead atoms. The number of halogens is 4. The van der Waals surface area contributed by atoms with Gasteiger partial charge in [0.25, 0.3) is 5.91 Å². The van der Waals surface area contributed by atoms with Gasteiger partial charge in [-0.2, -0.15) is 13.2 Å². The van der Waals surface area contributed by atoms with E-state index in [-0.39, 0.29) is 10.7 Å². The predicted molar refractivity (Wildman–Crippen MR) is 73.2 cm³/mol. The lowest BCUT2D eigenvalue weighted by molar-refractivity contribution is -0.242. The number of hydrogen-bond donors (Lipinski definition) is 2. The molecule has 1 aromatic rings. The number of alkyl halides is 3. The molecular formula is C12H13ClF3NO2S. The molecule has 0 spiro atoms. The second-order valence-electron chi connectivity index (χ2n) is 4.10. The van der Waals surface area contributed by atoms with E-state index in [0.29, 0.717) is 6.92 Å². The van der Waals surface area contributed by atoms with Crippen LogP contribution in [0.15, 0.2) is 23.1 Å². The summed E-state index contributed by atoms with van der Waals surface area (Å²) in [4.78, 5) is 12.3. The minimum Gasteiger partial charge on any atom is -0.373 e. The summed E-state index contributed by atoms with van der Waals surface area (Å²) in [6.07, 6.45) is -5.07. The number of rotatable bonds is 4. The first-order chi connectivity index (χ1) is 9.09. The van der Waals surface area contributed by atoms with Crippen molar-refractivity contribution in [1.29, 1.82) is 0 Å². The van der Waals surface area contributed by atoms with Gasteiger partial charge in [-0.05, 0) is 30.9 Å². The van der Waals surface area contributed by atoms with Crippen LogP contribution in [-0.4, -0.2) is 28.5 Å². The highest BCUT2D eigenvalue weighted by molar-refractivity contribution is 7.99. The maximum atomic E-state index is 12.5. The average molecular weight is 328 g/mol. The van der Waals surface area contributed by atoms with Crippen LogP contribution in [-0.2, 0) is 4.79 Å². The molecule has 0 aromatic heterocycles. The van der Waals surface area contributed by atoms with Gasteiger partial charge in [0, 0.05) is 4.90 Å². The van der Waals surface area contributed by atoms with Gasteiger partial charge in [-0.3, -0.25) is 4.79 Å². The summed E-state index contributed by atoms with van der Waals surface area (Å²) in [7, 11) is 0. The fraction of sp³-hybridized carbons (Fsp3) is 0.417. The van der Waals surface area contributed by atoms with E-state index in [1.165, 1.54) is 23.9 Å². The Hall–Kier alpha value is -0.920. The molecule has 1 amide bonds. The van der Waals surface area contributed by atoms with E-state index in [1.54, 1.807) is 6.07 Å². The van der Waals surface area contributed by atoms with Crippen molar-refractivity contribution >= 4 is 35.0 Å². The van der Waals surface area contributed by atoms with Crippen molar-refractivity contribution in [2.45, 2.75) is 30.5 Å². The van der Waals surface area contributed by atoms with E-state index in [4.69, 9.17) is 11.6 Å². The third-order valence-electron chi connectivity index (χ3n) is 2.49. The zero-order chi connectivity index (χ0) is 15.6. The lowest BCUT2D eigenvalue weighted by atomic mass is 10.1. The molecule has 1 aromatic carbocycles. The summed E-state index contributed by atoms with van der Waals surface area (Å²) in [6, 6.07) is 4.55. The molecule has 2 N–H and O–H groups in total. The maximum Gasteiger partial charge on any atom is 0.426 e. The Balaban J connectivity index is 2.92. The van der Waals surface area contributed by atoms with Gasteiger partial charge in [0.05, 0.1) is 10.7 Å². The number of carbonyl (C=O) groups is 1. The van der Waals surface area contributed by atoms with Gasteiger partial charge >= 0.3 is 6.18 Å². The lowest BCUT2D eigenvalue weighted by Gasteiger charge is -2.25. The fourth-order valence-corrected chi connectivity index (χ4v) is 2.22. The molecule has 112 valence electrons. The van der Waals surface area contributed by atoms with E-state index in [2.05, 4.69) is 0 Å². The van der Waals surface area contributed by atoms with Crippen molar-refractivity contribution in [1.82, 2.24) is 0 Å². The van der Waals surface area contributed by atoms with Crippen LogP contribution in [0, 0.1) is 0 Å². The first-order valence-electron chi connectivity index (χ1n) is 5.62. The number of nitrogens with one attached hydrogen (secondary N) is 1. The molecule has 0 aliphatic heterocycles. The average Bonchev–Trinajstić information content (AvgIpc) is 2.31. The van der Waals surface area contributed by atoms with Gasteiger partial charge in [-0.25, -0.2) is 0 Å². The molecule has 0 radical (unpaired) electrons. The van der Waals surface area contributed by atoms with Crippen LogP contribution >= 0.6 is 23.4 Å². The van der Waals surface area contributed by atoms with E-state index >= 15 is 0 Å². The monoisotopic (exact) mass is 327 g/mol. The number of amides is 1. The highest BCUT2D eigenvalue weighted by Gasteiger charge is 2.55. The lowest BCUT2D eigenvalue weighted by Crippen LogP contribution is -2.52. The minimum atomic E-state index is -5.07. The molecule has 1 rings (SSSR count). The molecule has 0 aliphatic rings. The van der Waals surface area contributed by atoms with Gasteiger partial charge in [0.1, 0.15) is 0 Å². The number of hydrogen-bond acceptors (Lipinski definition) is 3. The molecule has 20 heavy (non-hydrogen) atoms. The summed E-state index contributed by atoms with van der Waals surface area (Å²) in [5, 5.41) is 11.3. The second kappa shape index (κ2) is 6.24. The standard InChI is InChI=1S/C12H13ClF3NO2S/c1-3-20-7-4-5-9(8(13)6-7)17-10(18)11(2,19)12(14,15)16/h4-6,19H,3H2,1-2H3,(H,17,18)/t11-/m1/s1. The quantitative estimate of drug-likeness (QED) is 0.829. The number of thioether (sulfide) groups is 1. The van der Waals surface area contributed by atoms with Crippen LogP contribution in [0.3, 0.4) is 0 Å². The molecular weight excluding hydrogens is 315 g/mol. The van der Waals surface area contributed by atoms with Gasteiger partial charge in [0.15, 0.2) is 0 Å². The zero-order valence-corrected chi connectivity index (χ0v) is 12.3. The van der Waals surface area contributed by atoms with Crippen molar-refractivity contribution in [3.63, 3.8) is 0 Å². The van der Waals surface area contributed by atoms with Crippen molar-refractivity contribution in [3.8, 4) is 0 Å². The van der Waals surface area contributed by atoms with E-state index < -0.39 is 17.7 Å². The molecule has 0 saturated carbocycles. The molecule has 1 atom stereocenters. The highest BCUT2D eigenvalue weighted by atomic mass is 35.5. The van der Waals surface area contributed by atoms with Crippen LogP contribution in [0.25, 0.3) is 0 Å². The van der Waals surface area contributed by atoms with Gasteiger partial charge in [0.2, 0.25) is 5.60 Å². The Labute approximate surface area is 123 Å². The largest absolute Gasteiger partial charge is 0.426 e. The SMILES string of the molecule is CCSc1ccc(NC(=O)[C@@](C)(O)C(F)(F)F)c(Cl)c1. The fourth-order valence-electron chi connectivity index (χ4n) is 1.23. The van der Waals surface area contributed by atoms with Crippen molar-refractivity contribution in [2.24, 2.45) is 0 Å². The maximum absolute atomic E-state index is 12.5. The van der Waals surface area contributed by atoms with Gasteiger partial charge < -0.3 is 10.4 Å². The Kier molecular flexibility index (Phi) is 5.34. The first kappa shape index (κ1) is 17.1. The van der Waals surface area contributed by atoms with Crippen LogP contribution < -0.4 is 5.32 Å². The zero-order valence-electron chi connectivity index (χ0n) is 10.7. The Bertz CT molecular complexity index is 506. The molecule has 8 heteroatoms. The molecule has 0 unspecified atom stereocenters. The van der Waals surface area contributed by atoms with E-state index in [1.807, 2.05) is 12.2 Å². The van der Waals surface area contributed by atoms with E-state index in [0.717, 1.165) is 10.6 Å². The topological polar surface area (TPSA) is 49.3 Å². The number of anilines is 1. The molecule has 3 nitrogen and oxygen atoms in total. The van der Waals surface area contributed by atoms with Crippen molar-refractivity contribution < 1.29 is 23.1 Å². The Morgan fingerprint density at radius 1 is 1.45 bits per heavy atom. The predicted octanol–water partition coefficient (Wildman–Crippen LogP) is 3.70. The summed E-state index contributed by atoms with van der Waals surface area (Å²) in [6.45, 7) is 2.33. The second-order valence-corrected chi connectivity index (χ2v) is 5.84. The minimum absolute atomic E-state index is 0.0154.